The lowest BCUT2D eigenvalue weighted by atomic mass is 10.9. The zero-order chi connectivity index (χ0) is 12.1. The Morgan fingerprint density at radius 2 is 1.40 bits per heavy atom. The molecule has 0 aliphatic carbocycles. The van der Waals surface area contributed by atoms with Crippen molar-refractivity contribution in [2.45, 2.75) is 5.85 Å². The molecule has 0 aliphatic rings. The van der Waals surface area contributed by atoms with Gasteiger partial charge in [0.1, 0.15) is 0 Å². The summed E-state index contributed by atoms with van der Waals surface area (Å²) in [7, 11) is -2.53. The molecule has 0 aromatic heterocycles. The predicted octanol–water partition coefficient (Wildman–Crippen LogP) is 1.28. The maximum atomic E-state index is 11.6. The number of aliphatic hydroxyl groups is 1. The molecule has 1 unspecified atom stereocenters. The van der Waals surface area contributed by atoms with Crippen molar-refractivity contribution in [1.29, 1.82) is 0 Å². The highest BCUT2D eigenvalue weighted by molar-refractivity contribution is 7.58. The number of hydrogen-bond acceptors (Lipinski definition) is 7. The van der Waals surface area contributed by atoms with Gasteiger partial charge in [0.15, 0.2) is 5.85 Å². The summed E-state index contributed by atoms with van der Waals surface area (Å²) in [5.74, 6) is -1.56. The molecule has 0 aromatic carbocycles. The normalized spacial score (nSPS) is 15.3. The highest BCUT2D eigenvalue weighted by atomic mass is 31.2. The van der Waals surface area contributed by atoms with Crippen molar-refractivity contribution in [3.63, 3.8) is 0 Å². The minimum absolute atomic E-state index is 0.459. The van der Waals surface area contributed by atoms with Gasteiger partial charge < -0.3 is 23.2 Å². The third kappa shape index (κ3) is 3.96. The van der Waals surface area contributed by atoms with Crippen LogP contribution in [0.4, 0.5) is 0 Å². The molecule has 0 aliphatic heterocycles. The van der Waals surface area contributed by atoms with Crippen LogP contribution in [0.2, 0.25) is 0 Å². The second kappa shape index (κ2) is 6.11. The smallest absolute Gasteiger partial charge is 0.358 e. The average molecular weight is 262 g/mol. The lowest BCUT2D eigenvalue weighted by Gasteiger charge is -2.22. The van der Waals surface area contributed by atoms with E-state index in [4.69, 9.17) is 0 Å². The summed E-state index contributed by atoms with van der Waals surface area (Å²) in [6.45, 7) is 0. The monoisotopic (exact) mass is 262 g/mol. The van der Waals surface area contributed by atoms with Crippen molar-refractivity contribution >= 4 is 15.2 Å². The molecule has 0 saturated carbocycles. The van der Waals surface area contributed by atoms with Gasteiger partial charge in [0.05, 0.1) is 6.16 Å². The Balaban J connectivity index is 4.67. The van der Waals surface area contributed by atoms with Crippen LogP contribution in [-0.2, 0) is 27.2 Å². The molecule has 7 nitrogen and oxygen atoms in total. The van der Waals surface area contributed by atoms with Crippen LogP contribution in [0.15, 0.2) is 0 Å². The van der Waals surface area contributed by atoms with E-state index in [0.717, 1.165) is 14.2 Å². The Morgan fingerprint density at radius 1 is 1.00 bits per heavy atom. The summed E-state index contributed by atoms with van der Waals surface area (Å²) in [6.07, 6.45) is -0.459. The summed E-state index contributed by atoms with van der Waals surface area (Å²) in [4.78, 5) is 0. The third-order valence-electron chi connectivity index (χ3n) is 1.82. The van der Waals surface area contributed by atoms with E-state index in [0.29, 0.717) is 0 Å². The van der Waals surface area contributed by atoms with Gasteiger partial charge in [-0.25, -0.2) is 0 Å². The molecule has 0 amide bonds. The maximum absolute atomic E-state index is 11.6. The third-order valence-corrected chi connectivity index (χ3v) is 5.94. The van der Waals surface area contributed by atoms with Gasteiger partial charge in [0.25, 0.3) is 0 Å². The summed E-state index contributed by atoms with van der Waals surface area (Å²) in [5, 5.41) is 9.52. The minimum atomic E-state index is -3.67. The van der Waals surface area contributed by atoms with E-state index >= 15 is 0 Å². The Bertz CT molecular complexity index is 263. The fourth-order valence-corrected chi connectivity index (χ4v) is 3.72. The van der Waals surface area contributed by atoms with E-state index in [9.17, 15) is 14.2 Å². The van der Waals surface area contributed by atoms with Crippen molar-refractivity contribution in [2.75, 3.05) is 34.6 Å². The molecule has 9 heteroatoms. The SMILES string of the molecule is COP(=O)(CC(O)P(=O)(OC)OC)OC. The molecule has 0 saturated heterocycles. The second-order valence-electron chi connectivity index (χ2n) is 2.54. The quantitative estimate of drug-likeness (QED) is 0.691. The van der Waals surface area contributed by atoms with Gasteiger partial charge in [-0.3, -0.25) is 9.13 Å². The zero-order valence-corrected chi connectivity index (χ0v) is 10.9. The molecular formula is C6H16O7P2. The van der Waals surface area contributed by atoms with Gasteiger partial charge >= 0.3 is 15.2 Å². The van der Waals surface area contributed by atoms with E-state index in [2.05, 4.69) is 18.1 Å². The molecule has 0 bridgehead atoms. The van der Waals surface area contributed by atoms with E-state index < -0.39 is 27.2 Å². The highest BCUT2D eigenvalue weighted by Gasteiger charge is 2.39. The van der Waals surface area contributed by atoms with Crippen molar-refractivity contribution < 1.29 is 32.3 Å². The molecule has 15 heavy (non-hydrogen) atoms. The Kier molecular flexibility index (Phi) is 6.21. The first-order chi connectivity index (χ1) is 6.87. The minimum Gasteiger partial charge on any atom is -0.380 e. The highest BCUT2D eigenvalue weighted by Crippen LogP contribution is 2.57. The van der Waals surface area contributed by atoms with Gasteiger partial charge in [-0.1, -0.05) is 0 Å². The van der Waals surface area contributed by atoms with Crippen LogP contribution in [0.1, 0.15) is 0 Å². The first-order valence-electron chi connectivity index (χ1n) is 3.97. The van der Waals surface area contributed by atoms with Gasteiger partial charge in [0, 0.05) is 28.4 Å². The Hall–Kier alpha value is 0.260. The second-order valence-corrected chi connectivity index (χ2v) is 7.27. The van der Waals surface area contributed by atoms with E-state index in [1.807, 2.05) is 0 Å². The molecule has 0 radical (unpaired) electrons. The summed E-state index contributed by atoms with van der Waals surface area (Å²) in [6, 6.07) is 0. The predicted molar refractivity (Wildman–Crippen MR) is 54.1 cm³/mol. The van der Waals surface area contributed by atoms with Crippen molar-refractivity contribution in [2.24, 2.45) is 0 Å². The van der Waals surface area contributed by atoms with Gasteiger partial charge in [0.2, 0.25) is 0 Å². The first-order valence-corrected chi connectivity index (χ1v) is 7.31. The van der Waals surface area contributed by atoms with Crippen molar-refractivity contribution in [3.05, 3.63) is 0 Å². The van der Waals surface area contributed by atoms with Crippen LogP contribution < -0.4 is 0 Å². The largest absolute Gasteiger partial charge is 0.380 e. The number of rotatable bonds is 7. The fourth-order valence-electron chi connectivity index (χ4n) is 0.841. The maximum Gasteiger partial charge on any atom is 0.358 e. The Morgan fingerprint density at radius 3 is 1.67 bits per heavy atom. The van der Waals surface area contributed by atoms with Crippen molar-refractivity contribution in [3.8, 4) is 0 Å². The molecule has 92 valence electrons. The standard InChI is InChI=1S/C6H16O7P2/c1-10-14(8,11-2)5-6(7)15(9,12-3)13-4/h6-7H,5H2,1-4H3. The molecule has 0 fully saturated rings. The fraction of sp³-hybridized carbons (Fsp3) is 1.00. The van der Waals surface area contributed by atoms with Gasteiger partial charge in [-0.05, 0) is 0 Å². The Labute approximate surface area is 88.7 Å². The molecule has 0 aromatic rings. The summed E-state index contributed by atoms with van der Waals surface area (Å²) in [5.41, 5.74) is 0. The van der Waals surface area contributed by atoms with Gasteiger partial charge in [-0.2, -0.15) is 0 Å². The van der Waals surface area contributed by atoms with Crippen LogP contribution in [-0.4, -0.2) is 45.6 Å². The summed E-state index contributed by atoms with van der Waals surface area (Å²) < 4.78 is 41.5. The van der Waals surface area contributed by atoms with Crippen LogP contribution in [0, 0.1) is 0 Å². The lowest BCUT2D eigenvalue weighted by molar-refractivity contribution is 0.177. The van der Waals surface area contributed by atoms with E-state index in [1.54, 1.807) is 0 Å². The van der Waals surface area contributed by atoms with E-state index in [-0.39, 0.29) is 0 Å². The molecule has 0 spiro atoms. The topological polar surface area (TPSA) is 91.3 Å². The number of hydrogen-bond donors (Lipinski definition) is 1. The summed E-state index contributed by atoms with van der Waals surface area (Å²) >= 11 is 0. The van der Waals surface area contributed by atoms with Gasteiger partial charge in [-0.15, -0.1) is 0 Å². The molecule has 1 N–H and O–H groups in total. The lowest BCUT2D eigenvalue weighted by Crippen LogP contribution is -2.16. The average Bonchev–Trinajstić information content (AvgIpc) is 2.27. The molecule has 0 heterocycles. The molecule has 0 rings (SSSR count). The van der Waals surface area contributed by atoms with Crippen LogP contribution >= 0.6 is 15.2 Å². The van der Waals surface area contributed by atoms with E-state index in [1.165, 1.54) is 14.2 Å². The number of aliphatic hydroxyl groups excluding tert-OH is 1. The first kappa shape index (κ1) is 15.3. The zero-order valence-electron chi connectivity index (χ0n) is 9.08. The van der Waals surface area contributed by atoms with Crippen LogP contribution in [0.3, 0.4) is 0 Å². The van der Waals surface area contributed by atoms with Crippen LogP contribution in [0.5, 0.6) is 0 Å². The molecule has 1 atom stereocenters. The van der Waals surface area contributed by atoms with Crippen LogP contribution in [0.25, 0.3) is 0 Å². The van der Waals surface area contributed by atoms with Crippen molar-refractivity contribution in [1.82, 2.24) is 0 Å². The molecular weight excluding hydrogens is 246 g/mol.